The molecule has 1 fully saturated rings. The molecule has 2 aromatic heterocycles. The summed E-state index contributed by atoms with van der Waals surface area (Å²) in [5.41, 5.74) is 1.60. The third kappa shape index (κ3) is 3.17. The molecule has 106 valence electrons. The van der Waals surface area contributed by atoms with Crippen LogP contribution in [0.2, 0.25) is 0 Å². The van der Waals surface area contributed by atoms with E-state index in [2.05, 4.69) is 30.5 Å². The molecule has 0 aliphatic carbocycles. The Balaban J connectivity index is 1.54. The largest absolute Gasteiger partial charge is 0.299 e. The van der Waals surface area contributed by atoms with Gasteiger partial charge in [0.1, 0.15) is 18.2 Å². The molecular weight excluding hydrogens is 278 g/mol. The molecule has 0 bridgehead atoms. The molecule has 1 amide bonds. The van der Waals surface area contributed by atoms with Crippen LogP contribution >= 0.6 is 11.3 Å². The Kier molecular flexibility index (Phi) is 3.97. The molecule has 2 aromatic rings. The maximum atomic E-state index is 12.0. The summed E-state index contributed by atoms with van der Waals surface area (Å²) in [6.07, 6.45) is 5.41. The average molecular weight is 293 g/mol. The normalized spacial score (nSPS) is 19.3. The predicted molar refractivity (Wildman–Crippen MR) is 73.2 cm³/mol. The van der Waals surface area contributed by atoms with Gasteiger partial charge in [-0.25, -0.2) is 4.98 Å². The Morgan fingerprint density at radius 1 is 1.55 bits per heavy atom. The molecule has 1 N–H and O–H groups in total. The van der Waals surface area contributed by atoms with Crippen LogP contribution < -0.4 is 5.32 Å². The van der Waals surface area contributed by atoms with Crippen LogP contribution in [0.1, 0.15) is 12.8 Å². The highest BCUT2D eigenvalue weighted by Gasteiger charge is 2.26. The van der Waals surface area contributed by atoms with Gasteiger partial charge in [-0.2, -0.15) is 5.10 Å². The van der Waals surface area contributed by atoms with Gasteiger partial charge in [0.2, 0.25) is 11.0 Å². The van der Waals surface area contributed by atoms with E-state index in [1.54, 1.807) is 11.8 Å². The lowest BCUT2D eigenvalue weighted by Gasteiger charge is -2.23. The highest BCUT2D eigenvalue weighted by atomic mass is 32.1. The molecular formula is C11H15N7OS. The molecule has 3 heterocycles. The summed E-state index contributed by atoms with van der Waals surface area (Å²) in [7, 11) is 0. The van der Waals surface area contributed by atoms with Crippen molar-refractivity contribution in [2.24, 2.45) is 0 Å². The van der Waals surface area contributed by atoms with E-state index in [4.69, 9.17) is 0 Å². The summed E-state index contributed by atoms with van der Waals surface area (Å²) < 4.78 is 1.81. The van der Waals surface area contributed by atoms with Crippen molar-refractivity contribution in [3.05, 3.63) is 18.2 Å². The van der Waals surface area contributed by atoms with Crippen molar-refractivity contribution in [1.82, 2.24) is 29.9 Å². The molecule has 0 spiro atoms. The monoisotopic (exact) mass is 293 g/mol. The van der Waals surface area contributed by atoms with Crippen LogP contribution in [0.4, 0.5) is 5.13 Å². The fourth-order valence-electron chi connectivity index (χ4n) is 2.42. The first-order chi connectivity index (χ1) is 9.81. The lowest BCUT2D eigenvalue weighted by atomic mass is 10.2. The minimum Gasteiger partial charge on any atom is -0.299 e. The maximum Gasteiger partial charge on any atom is 0.240 e. The van der Waals surface area contributed by atoms with Gasteiger partial charge in [-0.05, 0) is 19.4 Å². The smallest absolute Gasteiger partial charge is 0.240 e. The van der Waals surface area contributed by atoms with Gasteiger partial charge in [0, 0.05) is 6.04 Å². The predicted octanol–water partition coefficient (Wildman–Crippen LogP) is 0.233. The Morgan fingerprint density at radius 2 is 2.50 bits per heavy atom. The molecule has 1 aliphatic rings. The first-order valence-electron chi connectivity index (χ1n) is 6.44. The summed E-state index contributed by atoms with van der Waals surface area (Å²) in [5.74, 6) is -0.0489. The molecule has 0 radical (unpaired) electrons. The first-order valence-corrected chi connectivity index (χ1v) is 7.32. The summed E-state index contributed by atoms with van der Waals surface area (Å²) in [4.78, 5) is 18.1. The van der Waals surface area contributed by atoms with Gasteiger partial charge in [-0.1, -0.05) is 11.3 Å². The van der Waals surface area contributed by atoms with Crippen molar-refractivity contribution in [3.63, 3.8) is 0 Å². The second kappa shape index (κ2) is 6.06. The molecule has 1 atom stereocenters. The lowest BCUT2D eigenvalue weighted by molar-refractivity contribution is -0.117. The number of rotatable bonds is 5. The van der Waals surface area contributed by atoms with Crippen LogP contribution in [0.3, 0.4) is 0 Å². The number of nitrogens with one attached hydrogen (secondary N) is 1. The molecule has 0 unspecified atom stereocenters. The van der Waals surface area contributed by atoms with Crippen LogP contribution in [-0.2, 0) is 11.3 Å². The quantitative estimate of drug-likeness (QED) is 0.849. The number of aromatic nitrogens is 5. The summed E-state index contributed by atoms with van der Waals surface area (Å²) in [6, 6.07) is 0.330. The van der Waals surface area contributed by atoms with Crippen molar-refractivity contribution in [2.75, 3.05) is 18.4 Å². The molecule has 1 aliphatic heterocycles. The summed E-state index contributed by atoms with van der Waals surface area (Å²) in [5, 5.41) is 14.9. The van der Waals surface area contributed by atoms with E-state index in [9.17, 15) is 4.79 Å². The molecule has 20 heavy (non-hydrogen) atoms. The van der Waals surface area contributed by atoms with Gasteiger partial charge in [-0.3, -0.25) is 19.7 Å². The zero-order valence-corrected chi connectivity index (χ0v) is 11.7. The lowest BCUT2D eigenvalue weighted by Crippen LogP contribution is -2.39. The third-order valence-electron chi connectivity index (χ3n) is 3.32. The van der Waals surface area contributed by atoms with Crippen molar-refractivity contribution < 1.29 is 4.79 Å². The van der Waals surface area contributed by atoms with E-state index >= 15 is 0 Å². The van der Waals surface area contributed by atoms with Crippen molar-refractivity contribution >= 4 is 22.4 Å². The molecule has 9 heteroatoms. The highest BCUT2D eigenvalue weighted by Crippen LogP contribution is 2.18. The van der Waals surface area contributed by atoms with Gasteiger partial charge >= 0.3 is 0 Å². The Hall–Kier alpha value is -1.87. The van der Waals surface area contributed by atoms with Gasteiger partial charge in [0.05, 0.1) is 13.1 Å². The van der Waals surface area contributed by atoms with Gasteiger partial charge in [-0.15, -0.1) is 10.2 Å². The van der Waals surface area contributed by atoms with Crippen LogP contribution in [0.25, 0.3) is 0 Å². The van der Waals surface area contributed by atoms with Crippen LogP contribution in [0.15, 0.2) is 18.2 Å². The average Bonchev–Trinajstić information content (AvgIpc) is 3.14. The zero-order chi connectivity index (χ0) is 13.8. The second-order valence-electron chi connectivity index (χ2n) is 4.68. The van der Waals surface area contributed by atoms with E-state index in [0.717, 1.165) is 25.9 Å². The molecule has 0 aromatic carbocycles. The number of likely N-dealkylation sites (tertiary alicyclic amines) is 1. The maximum absolute atomic E-state index is 12.0. The van der Waals surface area contributed by atoms with E-state index in [-0.39, 0.29) is 5.91 Å². The van der Waals surface area contributed by atoms with Gasteiger partial charge in [0.25, 0.3) is 0 Å². The Labute approximate surface area is 119 Å². The molecule has 0 saturated carbocycles. The van der Waals surface area contributed by atoms with Crippen molar-refractivity contribution in [2.45, 2.75) is 25.4 Å². The topological polar surface area (TPSA) is 88.8 Å². The van der Waals surface area contributed by atoms with Crippen molar-refractivity contribution in [1.29, 1.82) is 0 Å². The standard InChI is InChI=1S/C11H15N7OS/c19-10(15-11-16-13-8-20-11)5-17-3-1-2-9(17)4-18-7-12-6-14-18/h6-9H,1-5H2,(H,15,16,19)/t9-/m0/s1. The van der Waals surface area contributed by atoms with E-state index in [1.165, 1.54) is 17.7 Å². The molecule has 8 nitrogen and oxygen atoms in total. The Bertz CT molecular complexity index is 541. The second-order valence-corrected chi connectivity index (χ2v) is 5.51. The van der Waals surface area contributed by atoms with Crippen LogP contribution in [0, 0.1) is 0 Å². The van der Waals surface area contributed by atoms with Gasteiger partial charge < -0.3 is 0 Å². The van der Waals surface area contributed by atoms with E-state index in [0.29, 0.717) is 17.7 Å². The summed E-state index contributed by atoms with van der Waals surface area (Å²) >= 11 is 1.32. The SMILES string of the molecule is O=C(CN1CCC[C@H]1Cn1cncn1)Nc1nncs1. The van der Waals surface area contributed by atoms with E-state index < -0.39 is 0 Å². The number of anilines is 1. The zero-order valence-electron chi connectivity index (χ0n) is 10.8. The number of carbonyl (C=O) groups excluding carboxylic acids is 1. The van der Waals surface area contributed by atoms with Crippen LogP contribution in [-0.4, -0.2) is 54.9 Å². The van der Waals surface area contributed by atoms with E-state index in [1.807, 2.05) is 4.68 Å². The summed E-state index contributed by atoms with van der Waals surface area (Å²) in [6.45, 7) is 2.08. The third-order valence-corrected chi connectivity index (χ3v) is 3.92. The minimum absolute atomic E-state index is 0.0489. The Morgan fingerprint density at radius 3 is 3.25 bits per heavy atom. The number of amides is 1. The number of nitrogens with zero attached hydrogens (tertiary/aromatic N) is 6. The highest BCUT2D eigenvalue weighted by molar-refractivity contribution is 7.13. The van der Waals surface area contributed by atoms with Crippen LogP contribution in [0.5, 0.6) is 0 Å². The molecule has 1 saturated heterocycles. The fourth-order valence-corrected chi connectivity index (χ4v) is 2.88. The number of hydrogen-bond acceptors (Lipinski definition) is 7. The van der Waals surface area contributed by atoms with Gasteiger partial charge in [0.15, 0.2) is 0 Å². The first kappa shape index (κ1) is 13.1. The number of carbonyl (C=O) groups is 1. The van der Waals surface area contributed by atoms with Crippen molar-refractivity contribution in [3.8, 4) is 0 Å². The fraction of sp³-hybridized carbons (Fsp3) is 0.545. The molecule has 3 rings (SSSR count). The minimum atomic E-state index is -0.0489. The number of hydrogen-bond donors (Lipinski definition) is 1.